The molecule has 0 saturated heterocycles. The summed E-state index contributed by atoms with van der Waals surface area (Å²) >= 11 is 0. The highest BCUT2D eigenvalue weighted by Gasteiger charge is 2.45. The molecule has 0 radical (unpaired) electrons. The van der Waals surface area contributed by atoms with E-state index in [2.05, 4.69) is 18.1 Å². The summed E-state index contributed by atoms with van der Waals surface area (Å²) in [5.41, 5.74) is 10.8. The van der Waals surface area contributed by atoms with Crippen LogP contribution >= 0.6 is 0 Å². The summed E-state index contributed by atoms with van der Waals surface area (Å²) in [5.74, 6) is -0.907. The number of rotatable bonds is 5. The number of alkyl halides is 1. The summed E-state index contributed by atoms with van der Waals surface area (Å²) in [6, 6.07) is 13.5. The van der Waals surface area contributed by atoms with Gasteiger partial charge in [-0.2, -0.15) is 5.10 Å². The van der Waals surface area contributed by atoms with Crippen molar-refractivity contribution in [1.82, 2.24) is 9.78 Å². The quantitative estimate of drug-likeness (QED) is 0.608. The maximum absolute atomic E-state index is 14.5. The molecule has 2 N–H and O–H groups in total. The Labute approximate surface area is 185 Å². The average Bonchev–Trinajstić information content (AvgIpc) is 3.32. The molecule has 0 aliphatic heterocycles. The highest BCUT2D eigenvalue weighted by atomic mass is 19.1. The highest BCUT2D eigenvalue weighted by molar-refractivity contribution is 5.80. The number of carbonyl (C=O) groups excluding carboxylic acids is 1. The zero-order valence-electron chi connectivity index (χ0n) is 17.9. The van der Waals surface area contributed by atoms with Crippen molar-refractivity contribution in [2.75, 3.05) is 0 Å². The fraction of sp³-hybridized carbons (Fsp3) is 0.308. The van der Waals surface area contributed by atoms with Crippen molar-refractivity contribution in [2.24, 2.45) is 17.1 Å². The molecule has 1 heterocycles. The van der Waals surface area contributed by atoms with Gasteiger partial charge < -0.3 is 5.73 Å². The Morgan fingerprint density at radius 2 is 2.00 bits per heavy atom. The predicted octanol–water partition coefficient (Wildman–Crippen LogP) is 5.11. The van der Waals surface area contributed by atoms with Crippen molar-refractivity contribution in [3.63, 3.8) is 0 Å². The van der Waals surface area contributed by atoms with Crippen molar-refractivity contribution in [3.05, 3.63) is 88.5 Å². The molecule has 1 aromatic heterocycles. The monoisotopic (exact) mass is 433 g/mol. The van der Waals surface area contributed by atoms with Gasteiger partial charge in [0.25, 0.3) is 5.91 Å². The third-order valence-electron chi connectivity index (χ3n) is 7.27. The average molecular weight is 434 g/mol. The molecule has 2 aliphatic rings. The molecule has 3 aromatic rings. The van der Waals surface area contributed by atoms with Crippen LogP contribution in [0, 0.1) is 17.2 Å². The van der Waals surface area contributed by atoms with Crippen LogP contribution in [0.15, 0.2) is 60.3 Å². The summed E-state index contributed by atoms with van der Waals surface area (Å²) in [6.07, 6.45) is 5.83. The lowest BCUT2D eigenvalue weighted by molar-refractivity contribution is -0.122. The molecule has 32 heavy (non-hydrogen) atoms. The molecule has 4 nitrogen and oxygen atoms in total. The summed E-state index contributed by atoms with van der Waals surface area (Å²) in [6.45, 7) is 2.28. The lowest BCUT2D eigenvalue weighted by Gasteiger charge is -2.36. The molecule has 2 aliphatic carbocycles. The Morgan fingerprint density at radius 3 is 2.75 bits per heavy atom. The van der Waals surface area contributed by atoms with Gasteiger partial charge in [-0.1, -0.05) is 36.8 Å². The van der Waals surface area contributed by atoms with Gasteiger partial charge in [-0.3, -0.25) is 4.79 Å². The molecular weight excluding hydrogens is 408 g/mol. The number of hydrogen-bond donors (Lipinski definition) is 1. The Bertz CT molecular complexity index is 1210. The number of halogens is 2. The smallest absolute Gasteiger partial charge is 0.256 e. The van der Waals surface area contributed by atoms with E-state index in [1.165, 1.54) is 17.7 Å². The van der Waals surface area contributed by atoms with Gasteiger partial charge in [0.05, 0.1) is 17.6 Å². The first-order valence-corrected chi connectivity index (χ1v) is 10.9. The highest BCUT2D eigenvalue weighted by Crippen LogP contribution is 2.54. The molecule has 164 valence electrons. The molecule has 5 rings (SSSR count). The van der Waals surface area contributed by atoms with Crippen molar-refractivity contribution in [1.29, 1.82) is 0 Å². The Hall–Kier alpha value is -3.28. The maximum Gasteiger partial charge on any atom is 0.256 e. The van der Waals surface area contributed by atoms with Crippen LogP contribution in [-0.2, 0) is 17.6 Å². The topological polar surface area (TPSA) is 60.9 Å². The fourth-order valence-corrected chi connectivity index (χ4v) is 5.43. The van der Waals surface area contributed by atoms with Gasteiger partial charge in [0.1, 0.15) is 5.82 Å². The van der Waals surface area contributed by atoms with Crippen LogP contribution in [0.3, 0.4) is 0 Å². The lowest BCUT2D eigenvalue weighted by Crippen LogP contribution is -2.30. The summed E-state index contributed by atoms with van der Waals surface area (Å²) in [7, 11) is 0. The fourth-order valence-electron chi connectivity index (χ4n) is 5.43. The van der Waals surface area contributed by atoms with Gasteiger partial charge in [-0.15, -0.1) is 0 Å². The van der Waals surface area contributed by atoms with E-state index in [1.54, 1.807) is 24.3 Å². The summed E-state index contributed by atoms with van der Waals surface area (Å²) in [4.78, 5) is 11.5. The zero-order chi connectivity index (χ0) is 22.5. The maximum atomic E-state index is 14.5. The normalized spacial score (nSPS) is 22.7. The SMILES string of the molecule is C[C@]12Cc3cnn(-c4ccc(F)cc4)c3C=C1CC[C@H]2Cc1ccccc1C(F)C(N)=O. The van der Waals surface area contributed by atoms with Crippen LogP contribution in [0.5, 0.6) is 0 Å². The first-order valence-electron chi connectivity index (χ1n) is 10.9. The van der Waals surface area contributed by atoms with Crippen molar-refractivity contribution in [2.45, 2.75) is 38.8 Å². The predicted molar refractivity (Wildman–Crippen MR) is 119 cm³/mol. The van der Waals surface area contributed by atoms with E-state index < -0.39 is 12.1 Å². The number of hydrogen-bond acceptors (Lipinski definition) is 2. The minimum Gasteiger partial charge on any atom is -0.367 e. The van der Waals surface area contributed by atoms with Crippen LogP contribution in [0.4, 0.5) is 8.78 Å². The first kappa shape index (κ1) is 20.6. The van der Waals surface area contributed by atoms with Crippen LogP contribution in [-0.4, -0.2) is 15.7 Å². The standard InChI is InChI=1S/C26H25F2N3O/c1-26-14-17-15-30-31(21-10-8-20(27)9-11-21)23(17)13-19(26)7-6-18(26)12-16-4-2-3-5-22(16)24(28)25(29)32/h2-5,8-11,13,15,18,24H,6-7,12,14H2,1H3,(H2,29,32)/t18-,24?,26+/m0/s1. The van der Waals surface area contributed by atoms with E-state index in [0.717, 1.165) is 41.8 Å². The van der Waals surface area contributed by atoms with Gasteiger partial charge >= 0.3 is 0 Å². The Kier molecular flexibility index (Phi) is 4.96. The van der Waals surface area contributed by atoms with E-state index >= 15 is 0 Å². The Balaban J connectivity index is 1.45. The molecule has 1 saturated carbocycles. The van der Waals surface area contributed by atoms with Crippen LogP contribution in [0.2, 0.25) is 0 Å². The van der Waals surface area contributed by atoms with Gasteiger partial charge in [-0.25, -0.2) is 13.5 Å². The number of amides is 1. The third-order valence-corrected chi connectivity index (χ3v) is 7.27. The number of aromatic nitrogens is 2. The minimum atomic E-state index is -1.79. The molecule has 1 fully saturated rings. The number of nitrogens with two attached hydrogens (primary N) is 1. The molecule has 1 amide bonds. The largest absolute Gasteiger partial charge is 0.367 e. The molecule has 0 spiro atoms. The van der Waals surface area contributed by atoms with Crippen molar-refractivity contribution >= 4 is 12.0 Å². The minimum absolute atomic E-state index is 0.0602. The van der Waals surface area contributed by atoms with Crippen LogP contribution < -0.4 is 5.73 Å². The second-order valence-corrected chi connectivity index (χ2v) is 9.11. The lowest BCUT2D eigenvalue weighted by atomic mass is 9.68. The van der Waals surface area contributed by atoms with Gasteiger partial charge in [-0.05, 0) is 84.0 Å². The Morgan fingerprint density at radius 1 is 1.25 bits per heavy atom. The van der Waals surface area contributed by atoms with Crippen molar-refractivity contribution in [3.8, 4) is 5.69 Å². The molecule has 6 heteroatoms. The molecular formula is C26H25F2N3O. The van der Waals surface area contributed by atoms with E-state index in [4.69, 9.17) is 5.73 Å². The second kappa shape index (κ2) is 7.69. The number of nitrogens with zero attached hydrogens (tertiary/aromatic N) is 2. The third kappa shape index (κ3) is 3.34. The van der Waals surface area contributed by atoms with E-state index in [1.807, 2.05) is 23.0 Å². The number of fused-ring (bicyclic) bond motifs is 2. The van der Waals surface area contributed by atoms with Crippen LogP contribution in [0.1, 0.15) is 48.3 Å². The second-order valence-electron chi connectivity index (χ2n) is 9.11. The summed E-state index contributed by atoms with van der Waals surface area (Å²) in [5, 5.41) is 4.57. The van der Waals surface area contributed by atoms with Crippen LogP contribution in [0.25, 0.3) is 11.8 Å². The van der Waals surface area contributed by atoms with Gasteiger partial charge in [0.15, 0.2) is 0 Å². The van der Waals surface area contributed by atoms with Gasteiger partial charge in [0.2, 0.25) is 6.17 Å². The molecule has 1 unspecified atom stereocenters. The number of carbonyl (C=O) groups is 1. The van der Waals surface area contributed by atoms with Gasteiger partial charge in [0, 0.05) is 0 Å². The van der Waals surface area contributed by atoms with Crippen molar-refractivity contribution < 1.29 is 13.6 Å². The molecule has 2 aromatic carbocycles. The van der Waals surface area contributed by atoms with E-state index in [-0.39, 0.29) is 11.2 Å². The van der Waals surface area contributed by atoms with E-state index in [0.29, 0.717) is 17.9 Å². The number of allylic oxidation sites excluding steroid dienone is 1. The summed E-state index contributed by atoms with van der Waals surface area (Å²) < 4.78 is 29.7. The van der Waals surface area contributed by atoms with E-state index in [9.17, 15) is 13.6 Å². The zero-order valence-corrected chi connectivity index (χ0v) is 17.9. The first-order chi connectivity index (χ1) is 15.4. The number of primary amides is 1. The molecule has 0 bridgehead atoms. The number of benzene rings is 2. The molecule has 3 atom stereocenters.